The number of hydrogen-bond donors (Lipinski definition) is 2. The number of Topliss-reactive ketones (excluding diaryl/α,β-unsaturated/α-hetero) is 1. The molecule has 5 heteroatoms. The Labute approximate surface area is 115 Å². The number of carbonyl (C=O) groups is 1. The molecule has 1 aliphatic carbocycles. The van der Waals surface area contributed by atoms with Crippen LogP contribution in [0.4, 0.5) is 0 Å². The van der Waals surface area contributed by atoms with Gasteiger partial charge in [0, 0.05) is 17.7 Å². The van der Waals surface area contributed by atoms with Crippen molar-refractivity contribution in [1.29, 1.82) is 0 Å². The molecule has 2 rings (SSSR count). The van der Waals surface area contributed by atoms with E-state index in [-0.39, 0.29) is 18.8 Å². The molecule has 1 aliphatic rings. The zero-order chi connectivity index (χ0) is 13.8. The molecule has 0 saturated heterocycles. The number of ether oxygens (including phenoxy) is 1. The van der Waals surface area contributed by atoms with Crippen molar-refractivity contribution in [2.75, 3.05) is 6.61 Å². The Morgan fingerprint density at radius 2 is 2.42 bits per heavy atom. The highest BCUT2D eigenvalue weighted by atomic mass is 32.1. The van der Waals surface area contributed by atoms with Crippen molar-refractivity contribution >= 4 is 17.1 Å². The van der Waals surface area contributed by atoms with Gasteiger partial charge in [-0.15, -0.1) is 11.3 Å². The van der Waals surface area contributed by atoms with Gasteiger partial charge in [-0.25, -0.2) is 0 Å². The van der Waals surface area contributed by atoms with Crippen LogP contribution in [0.15, 0.2) is 41.1 Å². The van der Waals surface area contributed by atoms with E-state index in [1.165, 1.54) is 17.4 Å². The summed E-state index contributed by atoms with van der Waals surface area (Å²) in [5, 5.41) is 23.2. The summed E-state index contributed by atoms with van der Waals surface area (Å²) < 4.78 is 5.36. The summed E-state index contributed by atoms with van der Waals surface area (Å²) in [7, 11) is 0. The van der Waals surface area contributed by atoms with E-state index in [2.05, 4.69) is 6.58 Å². The number of aliphatic hydroxyl groups excluding tert-OH is 2. The minimum Gasteiger partial charge on any atom is -0.490 e. The second-order valence-corrected chi connectivity index (χ2v) is 5.25. The van der Waals surface area contributed by atoms with Gasteiger partial charge in [0.2, 0.25) is 0 Å². The zero-order valence-electron chi connectivity index (χ0n) is 10.4. The third-order valence-electron chi connectivity index (χ3n) is 3.03. The Morgan fingerprint density at radius 3 is 3.00 bits per heavy atom. The molecular weight excluding hydrogens is 264 g/mol. The van der Waals surface area contributed by atoms with Gasteiger partial charge in [0.15, 0.2) is 5.78 Å². The summed E-state index contributed by atoms with van der Waals surface area (Å²) in [4.78, 5) is 11.3. The van der Waals surface area contributed by atoms with E-state index in [1.54, 1.807) is 6.08 Å². The van der Waals surface area contributed by atoms with Crippen LogP contribution in [0.25, 0.3) is 0 Å². The smallest absolute Gasteiger partial charge is 0.161 e. The summed E-state index contributed by atoms with van der Waals surface area (Å²) in [5.74, 6) is 0.201. The summed E-state index contributed by atoms with van der Waals surface area (Å²) in [6.07, 6.45) is 1.75. The predicted molar refractivity (Wildman–Crippen MR) is 73.2 cm³/mol. The van der Waals surface area contributed by atoms with Gasteiger partial charge >= 0.3 is 0 Å². The van der Waals surface area contributed by atoms with Crippen LogP contribution >= 0.6 is 11.3 Å². The van der Waals surface area contributed by atoms with Gasteiger partial charge in [0.1, 0.15) is 18.5 Å². The van der Waals surface area contributed by atoms with E-state index < -0.39 is 18.1 Å². The molecule has 0 unspecified atom stereocenters. The second-order valence-electron chi connectivity index (χ2n) is 4.47. The van der Waals surface area contributed by atoms with Gasteiger partial charge in [-0.05, 0) is 17.0 Å². The van der Waals surface area contributed by atoms with Crippen molar-refractivity contribution in [1.82, 2.24) is 0 Å². The maximum atomic E-state index is 11.3. The number of hydrogen-bond acceptors (Lipinski definition) is 5. The summed E-state index contributed by atoms with van der Waals surface area (Å²) >= 11 is 1.52. The van der Waals surface area contributed by atoms with Crippen molar-refractivity contribution in [2.24, 2.45) is 5.92 Å². The SMILES string of the molecule is C=C1C(=O)C[C@@H](O)[C@@H]1C=C[C@H](O)COc1ccsc1. The normalized spacial score (nSPS) is 25.2. The molecule has 0 amide bonds. The molecule has 0 bridgehead atoms. The van der Waals surface area contributed by atoms with Crippen LogP contribution in [0.2, 0.25) is 0 Å². The molecule has 0 aromatic carbocycles. The van der Waals surface area contributed by atoms with E-state index in [1.807, 2.05) is 16.8 Å². The number of rotatable bonds is 5. The average molecular weight is 280 g/mol. The molecular formula is C14H16O4S. The lowest BCUT2D eigenvalue weighted by Gasteiger charge is -2.11. The van der Waals surface area contributed by atoms with Gasteiger partial charge in [0.25, 0.3) is 0 Å². The lowest BCUT2D eigenvalue weighted by Crippen LogP contribution is -2.16. The summed E-state index contributed by atoms with van der Waals surface area (Å²) in [6.45, 7) is 3.79. The van der Waals surface area contributed by atoms with Crippen LogP contribution in [0.1, 0.15) is 6.42 Å². The van der Waals surface area contributed by atoms with Crippen LogP contribution in [0.3, 0.4) is 0 Å². The highest BCUT2D eigenvalue weighted by Gasteiger charge is 2.33. The summed E-state index contributed by atoms with van der Waals surface area (Å²) in [5.41, 5.74) is 0.398. The fourth-order valence-electron chi connectivity index (χ4n) is 1.93. The fraction of sp³-hybridized carbons (Fsp3) is 0.357. The van der Waals surface area contributed by atoms with E-state index in [4.69, 9.17) is 4.74 Å². The van der Waals surface area contributed by atoms with E-state index in [0.29, 0.717) is 5.57 Å². The molecule has 1 aromatic heterocycles. The Morgan fingerprint density at radius 1 is 1.63 bits per heavy atom. The third-order valence-corrected chi connectivity index (χ3v) is 3.69. The van der Waals surface area contributed by atoms with Gasteiger partial charge < -0.3 is 14.9 Å². The van der Waals surface area contributed by atoms with E-state index in [9.17, 15) is 15.0 Å². The Hall–Kier alpha value is -1.43. The molecule has 1 aromatic rings. The van der Waals surface area contributed by atoms with Gasteiger partial charge in [-0.3, -0.25) is 4.79 Å². The Kier molecular flexibility index (Phi) is 4.52. The van der Waals surface area contributed by atoms with Crippen molar-refractivity contribution in [3.05, 3.63) is 41.1 Å². The molecule has 3 atom stereocenters. The first-order valence-corrected chi connectivity index (χ1v) is 6.93. The van der Waals surface area contributed by atoms with E-state index >= 15 is 0 Å². The molecule has 19 heavy (non-hydrogen) atoms. The van der Waals surface area contributed by atoms with Crippen LogP contribution in [-0.4, -0.2) is 34.8 Å². The largest absolute Gasteiger partial charge is 0.490 e. The highest BCUT2D eigenvalue weighted by Crippen LogP contribution is 2.28. The molecule has 0 aliphatic heterocycles. The molecule has 4 nitrogen and oxygen atoms in total. The maximum absolute atomic E-state index is 11.3. The lowest BCUT2D eigenvalue weighted by atomic mass is 10.0. The molecule has 0 spiro atoms. The molecule has 2 N–H and O–H groups in total. The topological polar surface area (TPSA) is 66.8 Å². The average Bonchev–Trinajstić information content (AvgIpc) is 2.96. The zero-order valence-corrected chi connectivity index (χ0v) is 11.2. The van der Waals surface area contributed by atoms with Crippen LogP contribution in [0.5, 0.6) is 5.75 Å². The monoisotopic (exact) mass is 280 g/mol. The number of aliphatic hydroxyl groups is 2. The van der Waals surface area contributed by atoms with Crippen molar-refractivity contribution in [2.45, 2.75) is 18.6 Å². The predicted octanol–water partition coefficient (Wildman–Crippen LogP) is 1.55. The van der Waals surface area contributed by atoms with Crippen molar-refractivity contribution in [3.8, 4) is 5.75 Å². The molecule has 1 fully saturated rings. The Balaban J connectivity index is 1.84. The Bertz CT molecular complexity index is 478. The maximum Gasteiger partial charge on any atom is 0.161 e. The van der Waals surface area contributed by atoms with Crippen LogP contribution in [0, 0.1) is 5.92 Å². The van der Waals surface area contributed by atoms with Crippen LogP contribution < -0.4 is 4.74 Å². The lowest BCUT2D eigenvalue weighted by molar-refractivity contribution is -0.115. The first kappa shape index (κ1) is 14.0. The van der Waals surface area contributed by atoms with Crippen molar-refractivity contribution in [3.63, 3.8) is 0 Å². The summed E-state index contributed by atoms with van der Waals surface area (Å²) in [6, 6.07) is 1.82. The molecule has 1 saturated carbocycles. The number of ketones is 1. The first-order valence-electron chi connectivity index (χ1n) is 5.99. The van der Waals surface area contributed by atoms with Crippen molar-refractivity contribution < 1.29 is 19.7 Å². The number of thiophene rings is 1. The molecule has 102 valence electrons. The van der Waals surface area contributed by atoms with Crippen LogP contribution in [-0.2, 0) is 4.79 Å². The fourth-order valence-corrected chi connectivity index (χ4v) is 2.50. The van der Waals surface area contributed by atoms with Gasteiger partial charge in [-0.1, -0.05) is 18.7 Å². The molecule has 1 heterocycles. The second kappa shape index (κ2) is 6.14. The number of carbonyl (C=O) groups excluding carboxylic acids is 1. The quantitative estimate of drug-likeness (QED) is 0.634. The molecule has 0 radical (unpaired) electrons. The van der Waals surface area contributed by atoms with E-state index in [0.717, 1.165) is 5.75 Å². The van der Waals surface area contributed by atoms with Gasteiger partial charge in [0.05, 0.1) is 6.10 Å². The third kappa shape index (κ3) is 3.53. The standard InChI is InChI=1S/C14H16O4S/c1-9-12(14(17)6-13(9)16)3-2-10(15)7-18-11-4-5-19-8-11/h2-5,8,10,12,14-15,17H,1,6-7H2/t10-,12+,14+/m0/s1. The minimum atomic E-state index is -0.782. The minimum absolute atomic E-state index is 0.106. The first-order chi connectivity index (χ1) is 9.08. The highest BCUT2D eigenvalue weighted by molar-refractivity contribution is 7.08. The van der Waals surface area contributed by atoms with Gasteiger partial charge in [-0.2, -0.15) is 0 Å².